The van der Waals surface area contributed by atoms with Crippen molar-refractivity contribution in [1.29, 1.82) is 0 Å². The number of rotatable bonds is 3. The third-order valence-corrected chi connectivity index (χ3v) is 4.31. The van der Waals surface area contributed by atoms with E-state index in [-0.39, 0.29) is 11.7 Å². The number of carbonyl (C=O) groups excluding carboxylic acids is 1. The van der Waals surface area contributed by atoms with Crippen molar-refractivity contribution in [2.45, 2.75) is 44.2 Å². The summed E-state index contributed by atoms with van der Waals surface area (Å²) in [6.07, 6.45) is 7.25. The summed E-state index contributed by atoms with van der Waals surface area (Å²) in [5.41, 5.74) is 0.575. The van der Waals surface area contributed by atoms with Crippen molar-refractivity contribution in [3.05, 3.63) is 24.0 Å². The Morgan fingerprint density at radius 2 is 2.05 bits per heavy atom. The Morgan fingerprint density at radius 3 is 2.63 bits per heavy atom. The number of nitrogens with one attached hydrogen (secondary N) is 1. The Labute approximate surface area is 113 Å². The van der Waals surface area contributed by atoms with Crippen LogP contribution in [0.1, 0.15) is 42.6 Å². The summed E-state index contributed by atoms with van der Waals surface area (Å²) in [6.45, 7) is 0. The summed E-state index contributed by atoms with van der Waals surface area (Å²) >= 11 is 0. The summed E-state index contributed by atoms with van der Waals surface area (Å²) in [5.74, 6) is 1.03. The molecule has 2 bridgehead atoms. The largest absolute Gasteiger partial charge is 0.495 e. The average molecular weight is 260 g/mol. The van der Waals surface area contributed by atoms with Gasteiger partial charge < -0.3 is 10.1 Å². The van der Waals surface area contributed by atoms with Crippen molar-refractivity contribution >= 4 is 5.78 Å². The van der Waals surface area contributed by atoms with Crippen molar-refractivity contribution in [2.24, 2.45) is 5.92 Å². The van der Waals surface area contributed by atoms with Crippen LogP contribution in [0, 0.1) is 5.92 Å². The molecule has 1 N–H and O–H groups in total. The van der Waals surface area contributed by atoms with E-state index in [1.807, 2.05) is 6.07 Å². The van der Waals surface area contributed by atoms with Crippen LogP contribution in [0.4, 0.5) is 0 Å². The van der Waals surface area contributed by atoms with E-state index >= 15 is 0 Å². The highest BCUT2D eigenvalue weighted by Crippen LogP contribution is 2.31. The van der Waals surface area contributed by atoms with Gasteiger partial charge in [0.25, 0.3) is 0 Å². The molecule has 0 aliphatic carbocycles. The number of hydrogen-bond acceptors (Lipinski definition) is 4. The second-order valence-electron chi connectivity index (χ2n) is 5.61. The Hall–Kier alpha value is -1.42. The molecule has 3 rings (SSSR count). The maximum Gasteiger partial charge on any atom is 0.184 e. The predicted octanol–water partition coefficient (Wildman–Crippen LogP) is 2.19. The molecule has 0 radical (unpaired) electrons. The van der Waals surface area contributed by atoms with Gasteiger partial charge in [-0.1, -0.05) is 6.42 Å². The van der Waals surface area contributed by atoms with E-state index in [0.29, 0.717) is 23.5 Å². The van der Waals surface area contributed by atoms with E-state index in [1.165, 1.54) is 19.3 Å². The Bertz CT molecular complexity index is 446. The number of ketones is 1. The predicted molar refractivity (Wildman–Crippen MR) is 72.4 cm³/mol. The van der Waals surface area contributed by atoms with E-state index in [1.54, 1.807) is 19.4 Å². The molecule has 2 fully saturated rings. The quantitative estimate of drug-likeness (QED) is 0.846. The lowest BCUT2D eigenvalue weighted by atomic mass is 9.78. The number of piperidine rings is 2. The van der Waals surface area contributed by atoms with Gasteiger partial charge in [0.15, 0.2) is 5.78 Å². The molecule has 0 saturated carbocycles. The van der Waals surface area contributed by atoms with Crippen LogP contribution in [0.15, 0.2) is 18.3 Å². The van der Waals surface area contributed by atoms with Gasteiger partial charge in [-0.05, 0) is 37.8 Å². The molecule has 0 aromatic carbocycles. The van der Waals surface area contributed by atoms with Crippen LogP contribution in [0.2, 0.25) is 0 Å². The standard InChI is InChI=1S/C15H20N2O2/c1-19-13-5-6-14(16-9-13)15(18)10-7-11-3-2-4-12(8-10)17-11/h5-6,9-12,17H,2-4,7-8H2,1H3. The highest BCUT2D eigenvalue weighted by molar-refractivity contribution is 5.96. The van der Waals surface area contributed by atoms with Crippen molar-refractivity contribution in [1.82, 2.24) is 10.3 Å². The van der Waals surface area contributed by atoms with E-state index < -0.39 is 0 Å². The number of pyridine rings is 1. The van der Waals surface area contributed by atoms with Gasteiger partial charge in [0, 0.05) is 18.0 Å². The fraction of sp³-hybridized carbons (Fsp3) is 0.600. The fourth-order valence-electron chi connectivity index (χ4n) is 3.34. The number of ether oxygens (including phenoxy) is 1. The van der Waals surface area contributed by atoms with Gasteiger partial charge in [-0.3, -0.25) is 4.79 Å². The van der Waals surface area contributed by atoms with Crippen LogP contribution < -0.4 is 10.1 Å². The molecule has 2 aliphatic heterocycles. The zero-order valence-electron chi connectivity index (χ0n) is 11.3. The molecule has 4 nitrogen and oxygen atoms in total. The van der Waals surface area contributed by atoms with Crippen LogP contribution in [-0.2, 0) is 0 Å². The first-order valence-electron chi connectivity index (χ1n) is 7.06. The van der Waals surface area contributed by atoms with Gasteiger partial charge >= 0.3 is 0 Å². The first-order valence-corrected chi connectivity index (χ1v) is 7.06. The SMILES string of the molecule is COc1ccc(C(=O)C2CC3CCCC(C2)N3)nc1. The van der Waals surface area contributed by atoms with Crippen molar-refractivity contribution in [3.63, 3.8) is 0 Å². The van der Waals surface area contributed by atoms with Gasteiger partial charge in [0.05, 0.1) is 13.3 Å². The van der Waals surface area contributed by atoms with Crippen LogP contribution in [0.25, 0.3) is 0 Å². The lowest BCUT2D eigenvalue weighted by Crippen LogP contribution is -2.50. The minimum absolute atomic E-state index is 0.137. The zero-order chi connectivity index (χ0) is 13.2. The van der Waals surface area contributed by atoms with Gasteiger partial charge in [0.2, 0.25) is 0 Å². The normalized spacial score (nSPS) is 29.8. The minimum Gasteiger partial charge on any atom is -0.495 e. The molecule has 0 amide bonds. The van der Waals surface area contributed by atoms with Gasteiger partial charge in [0.1, 0.15) is 11.4 Å². The molecule has 2 aliphatic rings. The maximum atomic E-state index is 12.5. The lowest BCUT2D eigenvalue weighted by Gasteiger charge is -2.39. The Balaban J connectivity index is 1.72. The fourth-order valence-corrected chi connectivity index (χ4v) is 3.34. The average Bonchev–Trinajstić information content (AvgIpc) is 2.46. The molecular formula is C15H20N2O2. The topological polar surface area (TPSA) is 51.2 Å². The molecular weight excluding hydrogens is 240 g/mol. The van der Waals surface area contributed by atoms with Gasteiger partial charge in [-0.15, -0.1) is 0 Å². The third kappa shape index (κ3) is 2.63. The molecule has 2 unspecified atom stereocenters. The highest BCUT2D eigenvalue weighted by Gasteiger charge is 2.35. The molecule has 0 spiro atoms. The first kappa shape index (κ1) is 12.6. The maximum absolute atomic E-state index is 12.5. The molecule has 4 heteroatoms. The molecule has 102 valence electrons. The monoisotopic (exact) mass is 260 g/mol. The molecule has 2 saturated heterocycles. The minimum atomic E-state index is 0.137. The van der Waals surface area contributed by atoms with E-state index in [2.05, 4.69) is 10.3 Å². The number of nitrogens with zero attached hydrogens (tertiary/aromatic N) is 1. The second kappa shape index (κ2) is 5.29. The molecule has 1 aromatic rings. The van der Waals surface area contributed by atoms with Crippen LogP contribution in [0.5, 0.6) is 5.75 Å². The van der Waals surface area contributed by atoms with Crippen LogP contribution >= 0.6 is 0 Å². The number of hydrogen-bond donors (Lipinski definition) is 1. The summed E-state index contributed by atoms with van der Waals surface area (Å²) in [5, 5.41) is 3.61. The van der Waals surface area contributed by atoms with E-state index in [9.17, 15) is 4.79 Å². The number of methoxy groups -OCH3 is 1. The summed E-state index contributed by atoms with van der Waals surface area (Å²) in [7, 11) is 1.60. The first-order chi connectivity index (χ1) is 9.26. The summed E-state index contributed by atoms with van der Waals surface area (Å²) in [6, 6.07) is 4.64. The molecule has 19 heavy (non-hydrogen) atoms. The number of Topliss-reactive ketones (excluding diaryl/α,β-unsaturated/α-hetero) is 1. The van der Waals surface area contributed by atoms with Gasteiger partial charge in [-0.25, -0.2) is 4.98 Å². The van der Waals surface area contributed by atoms with Crippen LogP contribution in [-0.4, -0.2) is 30.0 Å². The smallest absolute Gasteiger partial charge is 0.184 e. The summed E-state index contributed by atoms with van der Waals surface area (Å²) < 4.78 is 5.07. The Kier molecular flexibility index (Phi) is 3.51. The van der Waals surface area contributed by atoms with E-state index in [4.69, 9.17) is 4.74 Å². The zero-order valence-corrected chi connectivity index (χ0v) is 11.3. The van der Waals surface area contributed by atoms with Crippen molar-refractivity contribution < 1.29 is 9.53 Å². The number of aromatic nitrogens is 1. The second-order valence-corrected chi connectivity index (χ2v) is 5.61. The molecule has 2 atom stereocenters. The van der Waals surface area contributed by atoms with Crippen LogP contribution in [0.3, 0.4) is 0 Å². The highest BCUT2D eigenvalue weighted by atomic mass is 16.5. The van der Waals surface area contributed by atoms with E-state index in [0.717, 1.165) is 12.8 Å². The van der Waals surface area contributed by atoms with Crippen molar-refractivity contribution in [3.8, 4) is 5.75 Å². The number of carbonyl (C=O) groups is 1. The molecule has 3 heterocycles. The van der Waals surface area contributed by atoms with Crippen molar-refractivity contribution in [2.75, 3.05) is 7.11 Å². The third-order valence-electron chi connectivity index (χ3n) is 4.31. The number of fused-ring (bicyclic) bond motifs is 2. The molecule has 1 aromatic heterocycles. The lowest BCUT2D eigenvalue weighted by molar-refractivity contribution is 0.0820. The summed E-state index contributed by atoms with van der Waals surface area (Å²) in [4.78, 5) is 16.7. The Morgan fingerprint density at radius 1 is 1.32 bits per heavy atom. The van der Waals surface area contributed by atoms with Gasteiger partial charge in [-0.2, -0.15) is 0 Å².